The van der Waals surface area contributed by atoms with Gasteiger partial charge in [0.2, 0.25) is 11.8 Å². The molecule has 126 valence electrons. The van der Waals surface area contributed by atoms with Crippen LogP contribution in [0.2, 0.25) is 0 Å². The lowest BCUT2D eigenvalue weighted by Crippen LogP contribution is -2.32. The Morgan fingerprint density at radius 1 is 1.38 bits per heavy atom. The van der Waals surface area contributed by atoms with Crippen LogP contribution in [0.1, 0.15) is 37.8 Å². The maximum absolute atomic E-state index is 12.1. The standard InChI is InChI=1S/C18H22N4O2/c1-14(20-17(23)8-12-21-10-3-7-18(21)24)15-5-2-6-16(13-15)22-11-4-9-19-22/h2,4-6,9,11,13-14H,3,7-8,10,12H2,1H3,(H,20,23)/t14-/m0/s1. The van der Waals surface area contributed by atoms with Crippen LogP contribution in [0.15, 0.2) is 42.7 Å². The topological polar surface area (TPSA) is 67.2 Å². The largest absolute Gasteiger partial charge is 0.350 e. The highest BCUT2D eigenvalue weighted by atomic mass is 16.2. The molecular weight excluding hydrogens is 304 g/mol. The Morgan fingerprint density at radius 3 is 2.96 bits per heavy atom. The van der Waals surface area contributed by atoms with E-state index in [9.17, 15) is 9.59 Å². The summed E-state index contributed by atoms with van der Waals surface area (Å²) >= 11 is 0. The van der Waals surface area contributed by atoms with Gasteiger partial charge in [-0.15, -0.1) is 0 Å². The van der Waals surface area contributed by atoms with E-state index >= 15 is 0 Å². The van der Waals surface area contributed by atoms with Gasteiger partial charge >= 0.3 is 0 Å². The van der Waals surface area contributed by atoms with Crippen LogP contribution in [0, 0.1) is 0 Å². The molecule has 0 radical (unpaired) electrons. The minimum absolute atomic E-state index is 0.0355. The maximum Gasteiger partial charge on any atom is 0.222 e. The molecule has 1 fully saturated rings. The molecule has 1 atom stereocenters. The lowest BCUT2D eigenvalue weighted by molar-refractivity contribution is -0.128. The number of nitrogens with one attached hydrogen (secondary N) is 1. The molecule has 1 aromatic carbocycles. The predicted molar refractivity (Wildman–Crippen MR) is 90.6 cm³/mol. The van der Waals surface area contributed by atoms with E-state index in [4.69, 9.17) is 0 Å². The van der Waals surface area contributed by atoms with Gasteiger partial charge in [-0.25, -0.2) is 4.68 Å². The van der Waals surface area contributed by atoms with Gasteiger partial charge in [0.1, 0.15) is 0 Å². The van der Waals surface area contributed by atoms with Crippen molar-refractivity contribution in [2.75, 3.05) is 13.1 Å². The minimum atomic E-state index is -0.0951. The number of benzene rings is 1. The molecule has 0 spiro atoms. The van der Waals surface area contributed by atoms with E-state index in [1.54, 1.807) is 15.8 Å². The Morgan fingerprint density at radius 2 is 2.25 bits per heavy atom. The van der Waals surface area contributed by atoms with Crippen molar-refractivity contribution in [2.45, 2.75) is 32.2 Å². The van der Waals surface area contributed by atoms with Crippen LogP contribution in [0.5, 0.6) is 0 Å². The molecule has 6 nitrogen and oxygen atoms in total. The van der Waals surface area contributed by atoms with Crippen molar-refractivity contribution < 1.29 is 9.59 Å². The molecule has 2 heterocycles. The SMILES string of the molecule is C[C@H](NC(=O)CCN1CCCC1=O)c1cccc(-n2cccn2)c1. The molecular formula is C18H22N4O2. The first kappa shape index (κ1) is 16.2. The average molecular weight is 326 g/mol. The number of carbonyl (C=O) groups is 2. The zero-order valence-corrected chi connectivity index (χ0v) is 13.8. The summed E-state index contributed by atoms with van der Waals surface area (Å²) in [5.74, 6) is 0.120. The molecule has 2 aromatic rings. The highest BCUT2D eigenvalue weighted by Gasteiger charge is 2.20. The van der Waals surface area contributed by atoms with Gasteiger partial charge in [-0.05, 0) is 37.1 Å². The molecule has 2 amide bonds. The summed E-state index contributed by atoms with van der Waals surface area (Å²) in [5.41, 5.74) is 1.98. The predicted octanol–water partition coefficient (Wildman–Crippen LogP) is 2.06. The number of amides is 2. The maximum atomic E-state index is 12.1. The Kier molecular flexibility index (Phi) is 4.93. The van der Waals surface area contributed by atoms with Crippen LogP contribution in [0.3, 0.4) is 0 Å². The zero-order valence-electron chi connectivity index (χ0n) is 13.8. The second-order valence-corrected chi connectivity index (χ2v) is 6.07. The van der Waals surface area contributed by atoms with E-state index in [1.165, 1.54) is 0 Å². The highest BCUT2D eigenvalue weighted by molar-refractivity contribution is 5.80. The monoisotopic (exact) mass is 326 g/mol. The fourth-order valence-corrected chi connectivity index (χ4v) is 2.93. The van der Waals surface area contributed by atoms with Gasteiger partial charge in [-0.2, -0.15) is 5.10 Å². The number of rotatable bonds is 6. The molecule has 1 aliphatic rings. The summed E-state index contributed by atoms with van der Waals surface area (Å²) in [7, 11) is 0. The van der Waals surface area contributed by atoms with Gasteiger partial charge in [0.15, 0.2) is 0 Å². The van der Waals surface area contributed by atoms with Gasteiger partial charge in [0.05, 0.1) is 11.7 Å². The molecule has 0 unspecified atom stereocenters. The average Bonchev–Trinajstić information content (AvgIpc) is 3.25. The van der Waals surface area contributed by atoms with E-state index in [2.05, 4.69) is 10.4 Å². The first-order valence-electron chi connectivity index (χ1n) is 8.30. The molecule has 0 aliphatic carbocycles. The van der Waals surface area contributed by atoms with E-state index in [0.29, 0.717) is 19.4 Å². The molecule has 24 heavy (non-hydrogen) atoms. The summed E-state index contributed by atoms with van der Waals surface area (Å²) < 4.78 is 1.79. The summed E-state index contributed by atoms with van der Waals surface area (Å²) in [6, 6.07) is 9.71. The first-order chi connectivity index (χ1) is 11.6. The fourth-order valence-electron chi connectivity index (χ4n) is 2.93. The molecule has 1 aromatic heterocycles. The lowest BCUT2D eigenvalue weighted by atomic mass is 10.1. The normalized spacial score (nSPS) is 15.5. The Bertz CT molecular complexity index is 712. The molecule has 1 aliphatic heterocycles. The number of likely N-dealkylation sites (tertiary alicyclic amines) is 1. The molecule has 6 heteroatoms. The van der Waals surface area contributed by atoms with Gasteiger partial charge in [-0.1, -0.05) is 12.1 Å². The number of aromatic nitrogens is 2. The fraction of sp³-hybridized carbons (Fsp3) is 0.389. The summed E-state index contributed by atoms with van der Waals surface area (Å²) in [4.78, 5) is 25.5. The first-order valence-corrected chi connectivity index (χ1v) is 8.30. The summed E-state index contributed by atoms with van der Waals surface area (Å²) in [5, 5.41) is 7.22. The van der Waals surface area contributed by atoms with Crippen LogP contribution in [0.4, 0.5) is 0 Å². The van der Waals surface area contributed by atoms with Crippen LogP contribution in [0.25, 0.3) is 5.69 Å². The van der Waals surface area contributed by atoms with Gasteiger partial charge in [-0.3, -0.25) is 9.59 Å². The van der Waals surface area contributed by atoms with E-state index in [1.807, 2.05) is 43.5 Å². The second-order valence-electron chi connectivity index (χ2n) is 6.07. The lowest BCUT2D eigenvalue weighted by Gasteiger charge is -2.18. The third kappa shape index (κ3) is 3.82. The van der Waals surface area contributed by atoms with E-state index < -0.39 is 0 Å². The van der Waals surface area contributed by atoms with Crippen LogP contribution >= 0.6 is 0 Å². The van der Waals surface area contributed by atoms with Crippen molar-refractivity contribution in [1.82, 2.24) is 20.0 Å². The second kappa shape index (κ2) is 7.29. The van der Waals surface area contributed by atoms with Gasteiger partial charge < -0.3 is 10.2 Å². The minimum Gasteiger partial charge on any atom is -0.350 e. The molecule has 1 saturated heterocycles. The number of nitrogens with zero attached hydrogens (tertiary/aromatic N) is 3. The van der Waals surface area contributed by atoms with Crippen LogP contribution in [-0.4, -0.2) is 39.6 Å². The summed E-state index contributed by atoms with van der Waals surface area (Å²) in [6.45, 7) is 3.24. The zero-order chi connectivity index (χ0) is 16.9. The third-order valence-corrected chi connectivity index (χ3v) is 4.30. The van der Waals surface area contributed by atoms with Gasteiger partial charge in [0.25, 0.3) is 0 Å². The smallest absolute Gasteiger partial charge is 0.222 e. The van der Waals surface area contributed by atoms with E-state index in [0.717, 1.165) is 24.2 Å². The van der Waals surface area contributed by atoms with Gasteiger partial charge in [0, 0.05) is 38.3 Å². The quantitative estimate of drug-likeness (QED) is 0.883. The van der Waals surface area contributed by atoms with Crippen molar-refractivity contribution in [2.24, 2.45) is 0 Å². The highest BCUT2D eigenvalue weighted by Crippen LogP contribution is 2.17. The third-order valence-electron chi connectivity index (χ3n) is 4.30. The Balaban J connectivity index is 1.56. The molecule has 3 rings (SSSR count). The molecule has 1 N–H and O–H groups in total. The van der Waals surface area contributed by atoms with Crippen molar-refractivity contribution in [3.63, 3.8) is 0 Å². The van der Waals surface area contributed by atoms with Crippen LogP contribution < -0.4 is 5.32 Å². The van der Waals surface area contributed by atoms with E-state index in [-0.39, 0.29) is 17.9 Å². The van der Waals surface area contributed by atoms with Crippen LogP contribution in [-0.2, 0) is 9.59 Å². The Hall–Kier alpha value is -2.63. The number of carbonyl (C=O) groups excluding carboxylic acids is 2. The number of hydrogen-bond acceptors (Lipinski definition) is 3. The molecule has 0 saturated carbocycles. The van der Waals surface area contributed by atoms with Crippen molar-refractivity contribution >= 4 is 11.8 Å². The van der Waals surface area contributed by atoms with Crippen molar-refractivity contribution in [3.05, 3.63) is 48.3 Å². The Labute approximate surface area is 141 Å². The number of hydrogen-bond donors (Lipinski definition) is 1. The summed E-state index contributed by atoms with van der Waals surface area (Å²) in [6.07, 6.45) is 5.47. The van der Waals surface area contributed by atoms with Crippen molar-refractivity contribution in [1.29, 1.82) is 0 Å². The molecule has 0 bridgehead atoms. The van der Waals surface area contributed by atoms with Crippen molar-refractivity contribution in [3.8, 4) is 5.69 Å².